The first kappa shape index (κ1) is 15.8. The van der Waals surface area contributed by atoms with Crippen LogP contribution in [0.1, 0.15) is 65.2 Å². The van der Waals surface area contributed by atoms with E-state index in [1.165, 1.54) is 64.5 Å². The van der Waals surface area contributed by atoms with Crippen LogP contribution in [0.4, 0.5) is 0 Å². The maximum Gasteiger partial charge on any atom is 0.0632 e. The van der Waals surface area contributed by atoms with Crippen molar-refractivity contribution in [3.63, 3.8) is 0 Å². The van der Waals surface area contributed by atoms with Crippen LogP contribution in [-0.2, 0) is 4.74 Å². The lowest BCUT2D eigenvalue weighted by atomic mass is 9.68. The maximum absolute atomic E-state index is 9.56. The van der Waals surface area contributed by atoms with Gasteiger partial charge in [-0.25, -0.2) is 0 Å². The fourth-order valence-electron chi connectivity index (χ4n) is 4.99. The van der Waals surface area contributed by atoms with E-state index in [1.807, 2.05) is 0 Å². The average molecular weight is 295 g/mol. The molecule has 1 atom stereocenters. The van der Waals surface area contributed by atoms with Crippen LogP contribution < -0.4 is 0 Å². The van der Waals surface area contributed by atoms with Gasteiger partial charge in [-0.05, 0) is 76.7 Å². The van der Waals surface area contributed by atoms with Gasteiger partial charge in [0.15, 0.2) is 0 Å². The number of rotatable bonds is 3. The van der Waals surface area contributed by atoms with Gasteiger partial charge in [-0.2, -0.15) is 0 Å². The highest BCUT2D eigenvalue weighted by molar-refractivity contribution is 4.96. The predicted octanol–water partition coefficient (Wildman–Crippen LogP) is 3.21. The summed E-state index contributed by atoms with van der Waals surface area (Å²) in [6, 6.07) is 0.434. The fourth-order valence-corrected chi connectivity index (χ4v) is 4.99. The van der Waals surface area contributed by atoms with Crippen molar-refractivity contribution in [3.8, 4) is 0 Å². The number of hydrogen-bond donors (Lipinski definition) is 1. The summed E-state index contributed by atoms with van der Waals surface area (Å²) in [5, 5.41) is 9.56. The molecule has 3 rings (SSSR count). The zero-order chi connectivity index (χ0) is 14.9. The van der Waals surface area contributed by atoms with Crippen LogP contribution in [0.25, 0.3) is 0 Å². The molecule has 0 bridgehead atoms. The molecule has 0 radical (unpaired) electrons. The topological polar surface area (TPSA) is 32.7 Å². The summed E-state index contributed by atoms with van der Waals surface area (Å²) in [5.41, 5.74) is 0.583. The molecule has 3 nitrogen and oxygen atoms in total. The molecule has 0 amide bonds. The van der Waals surface area contributed by atoms with E-state index < -0.39 is 0 Å². The van der Waals surface area contributed by atoms with E-state index in [0.717, 1.165) is 12.5 Å². The highest BCUT2D eigenvalue weighted by Crippen LogP contribution is 2.50. The van der Waals surface area contributed by atoms with E-state index in [4.69, 9.17) is 4.74 Å². The Morgan fingerprint density at radius 2 is 1.90 bits per heavy atom. The highest BCUT2D eigenvalue weighted by Gasteiger charge is 2.46. The smallest absolute Gasteiger partial charge is 0.0632 e. The molecule has 122 valence electrons. The summed E-state index contributed by atoms with van der Waals surface area (Å²) in [5.74, 6) is 0.839. The van der Waals surface area contributed by atoms with Gasteiger partial charge in [-0.15, -0.1) is 0 Å². The van der Waals surface area contributed by atoms with Crippen LogP contribution in [-0.4, -0.2) is 48.0 Å². The molecule has 1 aliphatic carbocycles. The maximum atomic E-state index is 9.56. The second-order valence-electron chi connectivity index (χ2n) is 8.50. The first-order valence-electron chi connectivity index (χ1n) is 9.01. The van der Waals surface area contributed by atoms with E-state index in [2.05, 4.69) is 18.7 Å². The normalized spacial score (nSPS) is 40.7. The molecule has 0 aromatic rings. The Hall–Kier alpha value is -0.120. The second-order valence-corrected chi connectivity index (χ2v) is 8.50. The molecule has 1 N–H and O–H groups in total. The summed E-state index contributed by atoms with van der Waals surface area (Å²) < 4.78 is 6.01. The number of ether oxygens (including phenoxy) is 1. The highest BCUT2D eigenvalue weighted by atomic mass is 16.5. The van der Waals surface area contributed by atoms with Crippen LogP contribution in [0.3, 0.4) is 0 Å². The molecule has 0 unspecified atom stereocenters. The molecule has 1 spiro atoms. The van der Waals surface area contributed by atoms with Gasteiger partial charge < -0.3 is 9.84 Å². The van der Waals surface area contributed by atoms with Gasteiger partial charge in [0.25, 0.3) is 0 Å². The van der Waals surface area contributed by atoms with Crippen LogP contribution in [0.15, 0.2) is 0 Å². The van der Waals surface area contributed by atoms with Crippen LogP contribution in [0, 0.1) is 11.3 Å². The van der Waals surface area contributed by atoms with E-state index in [1.54, 1.807) is 0 Å². The number of piperidine rings is 1. The Labute approximate surface area is 130 Å². The Kier molecular flexibility index (Phi) is 4.63. The second kappa shape index (κ2) is 6.17. The molecule has 21 heavy (non-hydrogen) atoms. The zero-order valence-electron chi connectivity index (χ0n) is 13.9. The predicted molar refractivity (Wildman–Crippen MR) is 85.3 cm³/mol. The fraction of sp³-hybridized carbons (Fsp3) is 1.00. The molecule has 2 aliphatic heterocycles. The first-order valence-corrected chi connectivity index (χ1v) is 9.01. The molecule has 3 fully saturated rings. The lowest BCUT2D eigenvalue weighted by Gasteiger charge is -2.41. The van der Waals surface area contributed by atoms with Gasteiger partial charge in [-0.3, -0.25) is 4.90 Å². The minimum absolute atomic E-state index is 0.0989. The van der Waals surface area contributed by atoms with Crippen molar-refractivity contribution in [1.29, 1.82) is 0 Å². The van der Waals surface area contributed by atoms with Crippen molar-refractivity contribution < 1.29 is 9.84 Å². The van der Waals surface area contributed by atoms with Gasteiger partial charge in [0.2, 0.25) is 0 Å². The third-order valence-corrected chi connectivity index (χ3v) is 6.19. The van der Waals surface area contributed by atoms with Crippen LogP contribution >= 0.6 is 0 Å². The molecule has 3 aliphatic rings. The van der Waals surface area contributed by atoms with E-state index in [-0.39, 0.29) is 5.60 Å². The number of aliphatic hydroxyl groups is 1. The van der Waals surface area contributed by atoms with Crippen LogP contribution in [0.5, 0.6) is 0 Å². The quantitative estimate of drug-likeness (QED) is 0.868. The molecule has 1 saturated carbocycles. The molecular weight excluding hydrogens is 262 g/mol. The molecule has 0 aromatic heterocycles. The number of aliphatic hydroxyl groups excluding tert-OH is 1. The lowest BCUT2D eigenvalue weighted by molar-refractivity contribution is 0.0237. The standard InChI is InChI=1S/C18H33NO2/c1-17(2)13-18(14-21-17)8-6-15(7-9-18)11-19-10-4-3-5-16(19)12-20/h15-16,20H,3-14H2,1-2H3/t15-,16-,18+/m0/s1. The number of likely N-dealkylation sites (tertiary alicyclic amines) is 1. The zero-order valence-corrected chi connectivity index (χ0v) is 13.9. The van der Waals surface area contributed by atoms with E-state index in [9.17, 15) is 5.11 Å². The summed E-state index contributed by atoms with van der Waals surface area (Å²) in [6.45, 7) is 8.23. The van der Waals surface area contributed by atoms with Crippen molar-refractivity contribution in [2.75, 3.05) is 26.3 Å². The van der Waals surface area contributed by atoms with Gasteiger partial charge in [-0.1, -0.05) is 6.42 Å². The van der Waals surface area contributed by atoms with Crippen molar-refractivity contribution in [1.82, 2.24) is 4.90 Å². The van der Waals surface area contributed by atoms with Gasteiger partial charge >= 0.3 is 0 Å². The Balaban J connectivity index is 1.50. The lowest BCUT2D eigenvalue weighted by Crippen LogP contribution is -2.45. The monoisotopic (exact) mass is 295 g/mol. The Morgan fingerprint density at radius 3 is 2.52 bits per heavy atom. The van der Waals surface area contributed by atoms with E-state index in [0.29, 0.717) is 18.1 Å². The summed E-state index contributed by atoms with van der Waals surface area (Å²) >= 11 is 0. The summed E-state index contributed by atoms with van der Waals surface area (Å²) in [4.78, 5) is 2.57. The Bertz CT molecular complexity index is 347. The third kappa shape index (κ3) is 3.62. The van der Waals surface area contributed by atoms with E-state index >= 15 is 0 Å². The Morgan fingerprint density at radius 1 is 1.14 bits per heavy atom. The molecular formula is C18H33NO2. The molecule has 2 heterocycles. The van der Waals surface area contributed by atoms with Crippen molar-refractivity contribution in [3.05, 3.63) is 0 Å². The number of hydrogen-bond acceptors (Lipinski definition) is 3. The SMILES string of the molecule is CC1(C)C[C@]2(CC[C@H](CN3CCCC[C@H]3CO)CC2)CO1. The molecule has 0 aromatic carbocycles. The number of nitrogens with zero attached hydrogens (tertiary/aromatic N) is 1. The van der Waals surface area contributed by atoms with Gasteiger partial charge in [0.05, 0.1) is 18.8 Å². The van der Waals surface area contributed by atoms with Crippen LogP contribution in [0.2, 0.25) is 0 Å². The minimum atomic E-state index is 0.0989. The molecule has 3 heteroatoms. The van der Waals surface area contributed by atoms with Gasteiger partial charge in [0, 0.05) is 12.6 Å². The summed E-state index contributed by atoms with van der Waals surface area (Å²) in [7, 11) is 0. The van der Waals surface area contributed by atoms with Crippen molar-refractivity contribution in [2.45, 2.75) is 76.9 Å². The van der Waals surface area contributed by atoms with Crippen molar-refractivity contribution in [2.24, 2.45) is 11.3 Å². The van der Waals surface area contributed by atoms with Gasteiger partial charge in [0.1, 0.15) is 0 Å². The summed E-state index contributed by atoms with van der Waals surface area (Å²) in [6.07, 6.45) is 10.4. The third-order valence-electron chi connectivity index (χ3n) is 6.19. The minimum Gasteiger partial charge on any atom is -0.395 e. The average Bonchev–Trinajstić information content (AvgIpc) is 2.78. The van der Waals surface area contributed by atoms with Crippen molar-refractivity contribution >= 4 is 0 Å². The largest absolute Gasteiger partial charge is 0.395 e. The first-order chi connectivity index (χ1) is 10.0. The molecule has 2 saturated heterocycles.